The fraction of sp³-hybridized carbons (Fsp3) is 0.105. The van der Waals surface area contributed by atoms with E-state index in [9.17, 15) is 9.90 Å². The molecule has 4 N–H and O–H groups in total. The van der Waals surface area contributed by atoms with Gasteiger partial charge in [-0.2, -0.15) is 0 Å². The van der Waals surface area contributed by atoms with Crippen LogP contribution in [0, 0.1) is 6.92 Å². The number of amides is 1. The van der Waals surface area contributed by atoms with Gasteiger partial charge in [0.1, 0.15) is 5.69 Å². The van der Waals surface area contributed by atoms with Crippen LogP contribution in [0.4, 0.5) is 5.69 Å². The maximum atomic E-state index is 11.4. The molecule has 0 aliphatic carbocycles. The summed E-state index contributed by atoms with van der Waals surface area (Å²) in [7, 11) is 0. The monoisotopic (exact) mass is 334 g/mol. The number of nitrogens with one attached hydrogen (secondary N) is 1. The van der Waals surface area contributed by atoms with Gasteiger partial charge >= 0.3 is 0 Å². The number of rotatable bonds is 5. The molecule has 3 rings (SSSR count). The highest BCUT2D eigenvalue weighted by atomic mass is 16.3. The van der Waals surface area contributed by atoms with E-state index >= 15 is 0 Å². The molecule has 0 saturated carbocycles. The van der Waals surface area contributed by atoms with Crippen LogP contribution in [-0.4, -0.2) is 21.0 Å². The fourth-order valence-corrected chi connectivity index (χ4v) is 2.45. The van der Waals surface area contributed by atoms with Crippen molar-refractivity contribution in [3.05, 3.63) is 77.7 Å². The maximum Gasteiger partial charge on any atom is 0.248 e. The van der Waals surface area contributed by atoms with Crippen molar-refractivity contribution in [2.24, 2.45) is 5.73 Å². The normalized spacial score (nSPS) is 11.8. The first-order valence-electron chi connectivity index (χ1n) is 7.78. The first-order valence-corrected chi connectivity index (χ1v) is 7.78. The summed E-state index contributed by atoms with van der Waals surface area (Å²) in [6.45, 7) is 1.78. The Labute approximate surface area is 145 Å². The van der Waals surface area contributed by atoms with Gasteiger partial charge in [-0.15, -0.1) is 0 Å². The highest BCUT2D eigenvalue weighted by Crippen LogP contribution is 2.23. The molecule has 6 heteroatoms. The highest BCUT2D eigenvalue weighted by molar-refractivity contribution is 5.93. The summed E-state index contributed by atoms with van der Waals surface area (Å²) in [6, 6.07) is 16.2. The van der Waals surface area contributed by atoms with Gasteiger partial charge in [-0.05, 0) is 31.2 Å². The van der Waals surface area contributed by atoms with Crippen LogP contribution in [0.25, 0.3) is 11.3 Å². The van der Waals surface area contributed by atoms with Crippen LogP contribution in [0.15, 0.2) is 60.8 Å². The molecule has 1 amide bonds. The van der Waals surface area contributed by atoms with Gasteiger partial charge in [0.05, 0.1) is 17.6 Å². The van der Waals surface area contributed by atoms with Crippen LogP contribution in [-0.2, 0) is 0 Å². The fourth-order valence-electron chi connectivity index (χ4n) is 2.45. The van der Waals surface area contributed by atoms with E-state index in [1.54, 1.807) is 31.3 Å². The summed E-state index contributed by atoms with van der Waals surface area (Å²) < 4.78 is 0. The van der Waals surface area contributed by atoms with Crippen molar-refractivity contribution in [3.63, 3.8) is 0 Å². The third-order valence-corrected chi connectivity index (χ3v) is 3.77. The predicted molar refractivity (Wildman–Crippen MR) is 95.7 cm³/mol. The molecule has 1 heterocycles. The van der Waals surface area contributed by atoms with E-state index in [4.69, 9.17) is 5.73 Å². The third kappa shape index (κ3) is 3.81. The lowest BCUT2D eigenvalue weighted by molar-refractivity contribution is 0.100. The molecule has 0 aliphatic heterocycles. The minimum absolute atomic E-state index is 0.393. The van der Waals surface area contributed by atoms with Crippen LogP contribution < -0.4 is 11.1 Å². The molecule has 25 heavy (non-hydrogen) atoms. The summed E-state index contributed by atoms with van der Waals surface area (Å²) in [5.41, 5.74) is 8.79. The molecule has 0 saturated heterocycles. The van der Waals surface area contributed by atoms with E-state index < -0.39 is 12.1 Å². The molecule has 0 spiro atoms. The highest BCUT2D eigenvalue weighted by Gasteiger charge is 2.15. The second-order valence-corrected chi connectivity index (χ2v) is 5.58. The van der Waals surface area contributed by atoms with Crippen molar-refractivity contribution in [1.82, 2.24) is 9.97 Å². The van der Waals surface area contributed by atoms with Crippen molar-refractivity contribution in [2.75, 3.05) is 5.32 Å². The molecular weight excluding hydrogens is 316 g/mol. The van der Waals surface area contributed by atoms with Gasteiger partial charge in [0.25, 0.3) is 0 Å². The van der Waals surface area contributed by atoms with Crippen molar-refractivity contribution in [2.45, 2.75) is 13.2 Å². The Morgan fingerprint density at radius 3 is 2.64 bits per heavy atom. The molecule has 3 aromatic rings. The van der Waals surface area contributed by atoms with Crippen LogP contribution in [0.1, 0.15) is 28.0 Å². The first-order chi connectivity index (χ1) is 12.0. The first kappa shape index (κ1) is 16.6. The number of primary amides is 1. The topological polar surface area (TPSA) is 101 Å². The maximum absolute atomic E-state index is 11.4. The van der Waals surface area contributed by atoms with Gasteiger partial charge in [-0.3, -0.25) is 9.78 Å². The molecule has 0 radical (unpaired) electrons. The van der Waals surface area contributed by atoms with Crippen molar-refractivity contribution in [1.29, 1.82) is 0 Å². The number of aliphatic hydroxyl groups excluding tert-OH is 1. The number of nitrogens with zero attached hydrogens (tertiary/aromatic N) is 2. The van der Waals surface area contributed by atoms with Gasteiger partial charge in [-0.25, -0.2) is 4.98 Å². The SMILES string of the molecule is Cc1ncc(-c2cccc(C(N)=O)c2)nc1C(O)Nc1ccccc1. The lowest BCUT2D eigenvalue weighted by atomic mass is 10.1. The van der Waals surface area contributed by atoms with E-state index in [0.29, 0.717) is 28.2 Å². The number of aliphatic hydroxyl groups is 1. The van der Waals surface area contributed by atoms with Gasteiger partial charge in [-0.1, -0.05) is 30.3 Å². The van der Waals surface area contributed by atoms with Gasteiger partial charge in [0.2, 0.25) is 5.91 Å². The van der Waals surface area contributed by atoms with Crippen molar-refractivity contribution < 1.29 is 9.90 Å². The average molecular weight is 334 g/mol. The summed E-state index contributed by atoms with van der Waals surface area (Å²) >= 11 is 0. The smallest absolute Gasteiger partial charge is 0.248 e. The Bertz CT molecular complexity index is 897. The predicted octanol–water partition coefficient (Wildman–Crippen LogP) is 2.65. The van der Waals surface area contributed by atoms with Crippen molar-refractivity contribution >= 4 is 11.6 Å². The number of benzene rings is 2. The van der Waals surface area contributed by atoms with Crippen LogP contribution in [0.5, 0.6) is 0 Å². The number of para-hydroxylation sites is 1. The summed E-state index contributed by atoms with van der Waals surface area (Å²) in [6.07, 6.45) is 0.600. The molecule has 0 fully saturated rings. The number of nitrogens with two attached hydrogens (primary N) is 1. The number of aromatic nitrogens is 2. The molecule has 0 aliphatic rings. The number of hydrogen-bond acceptors (Lipinski definition) is 5. The standard InChI is InChI=1S/C19H18N4O2/c1-12-17(19(25)22-15-8-3-2-4-9-15)23-16(11-21-12)13-6-5-7-14(10-13)18(20)24/h2-11,19,22,25H,1H3,(H2,20,24). The van der Waals surface area contributed by atoms with E-state index in [-0.39, 0.29) is 0 Å². The lowest BCUT2D eigenvalue weighted by Crippen LogP contribution is -2.14. The van der Waals surface area contributed by atoms with E-state index in [0.717, 1.165) is 5.69 Å². The van der Waals surface area contributed by atoms with Crippen molar-refractivity contribution in [3.8, 4) is 11.3 Å². The van der Waals surface area contributed by atoms with E-state index in [1.807, 2.05) is 36.4 Å². The molecule has 6 nitrogen and oxygen atoms in total. The number of carbonyl (C=O) groups is 1. The second-order valence-electron chi connectivity index (χ2n) is 5.58. The molecule has 1 aromatic heterocycles. The third-order valence-electron chi connectivity index (χ3n) is 3.77. The second kappa shape index (κ2) is 7.11. The Morgan fingerprint density at radius 1 is 1.16 bits per heavy atom. The summed E-state index contributed by atoms with van der Waals surface area (Å²) in [5.74, 6) is -0.507. The molecule has 126 valence electrons. The quantitative estimate of drug-likeness (QED) is 0.623. The average Bonchev–Trinajstić information content (AvgIpc) is 2.63. The Kier molecular flexibility index (Phi) is 4.72. The van der Waals surface area contributed by atoms with E-state index in [1.165, 1.54) is 0 Å². The zero-order chi connectivity index (χ0) is 17.8. The van der Waals surface area contributed by atoms with Crippen LogP contribution in [0.3, 0.4) is 0 Å². The molecule has 1 atom stereocenters. The number of hydrogen-bond donors (Lipinski definition) is 3. The summed E-state index contributed by atoms with van der Waals surface area (Å²) in [5, 5.41) is 13.5. The Hall–Kier alpha value is -3.25. The number of carbonyl (C=O) groups excluding carboxylic acids is 1. The minimum atomic E-state index is -1.01. The minimum Gasteiger partial charge on any atom is -0.368 e. The van der Waals surface area contributed by atoms with Crippen LogP contribution in [0.2, 0.25) is 0 Å². The van der Waals surface area contributed by atoms with Crippen LogP contribution >= 0.6 is 0 Å². The summed E-state index contributed by atoms with van der Waals surface area (Å²) in [4.78, 5) is 20.2. The molecular formula is C19H18N4O2. The van der Waals surface area contributed by atoms with Gasteiger partial charge in [0.15, 0.2) is 6.23 Å². The molecule has 1 unspecified atom stereocenters. The zero-order valence-corrected chi connectivity index (χ0v) is 13.7. The Balaban J connectivity index is 1.92. The number of anilines is 1. The van der Waals surface area contributed by atoms with E-state index in [2.05, 4.69) is 15.3 Å². The molecule has 2 aromatic carbocycles. The number of aryl methyl sites for hydroxylation is 1. The largest absolute Gasteiger partial charge is 0.368 e. The zero-order valence-electron chi connectivity index (χ0n) is 13.7. The Morgan fingerprint density at radius 2 is 1.92 bits per heavy atom. The molecule has 0 bridgehead atoms. The van der Waals surface area contributed by atoms with Gasteiger partial charge in [0, 0.05) is 16.8 Å². The lowest BCUT2D eigenvalue weighted by Gasteiger charge is -2.16. The van der Waals surface area contributed by atoms with Gasteiger partial charge < -0.3 is 16.2 Å².